The lowest BCUT2D eigenvalue weighted by Crippen LogP contribution is -2.18. The molecule has 0 aromatic heterocycles. The van der Waals surface area contributed by atoms with Crippen molar-refractivity contribution in [3.8, 4) is 0 Å². The van der Waals surface area contributed by atoms with Gasteiger partial charge < -0.3 is 10.1 Å². The highest BCUT2D eigenvalue weighted by atomic mass is 16.5. The molecule has 0 radical (unpaired) electrons. The lowest BCUT2D eigenvalue weighted by atomic mass is 9.98. The topological polar surface area (TPSA) is 21.3 Å². The highest BCUT2D eigenvalue weighted by Gasteiger charge is 2.09. The second kappa shape index (κ2) is 8.28. The lowest BCUT2D eigenvalue weighted by Gasteiger charge is -2.17. The van der Waals surface area contributed by atoms with Crippen molar-refractivity contribution in [2.24, 2.45) is 0 Å². The van der Waals surface area contributed by atoms with E-state index in [0.29, 0.717) is 12.0 Å². The van der Waals surface area contributed by atoms with Crippen LogP contribution in [0.1, 0.15) is 56.7 Å². The van der Waals surface area contributed by atoms with Crippen molar-refractivity contribution >= 4 is 0 Å². The molecule has 2 nitrogen and oxygen atoms in total. The molecule has 2 heteroatoms. The van der Waals surface area contributed by atoms with Crippen LogP contribution in [-0.2, 0) is 4.74 Å². The molecule has 18 heavy (non-hydrogen) atoms. The molecule has 1 unspecified atom stereocenters. The molecule has 0 aliphatic heterocycles. The standard InChI is InChI=1S/C16H27NO/c1-5-11-18-12-10-16(17-4)15-8-6-14(7-9-15)13(2)3/h6-9,13,16-17H,5,10-12H2,1-4H3. The van der Waals surface area contributed by atoms with Gasteiger partial charge in [0.25, 0.3) is 0 Å². The minimum atomic E-state index is 0.392. The van der Waals surface area contributed by atoms with Crippen LogP contribution < -0.4 is 5.32 Å². The van der Waals surface area contributed by atoms with Crippen LogP contribution in [0.25, 0.3) is 0 Å². The quantitative estimate of drug-likeness (QED) is 0.706. The molecule has 0 saturated heterocycles. The molecule has 0 spiro atoms. The van der Waals surface area contributed by atoms with Gasteiger partial charge in [-0.25, -0.2) is 0 Å². The van der Waals surface area contributed by atoms with Crippen LogP contribution in [0.5, 0.6) is 0 Å². The fraction of sp³-hybridized carbons (Fsp3) is 0.625. The van der Waals surface area contributed by atoms with Gasteiger partial charge in [0.1, 0.15) is 0 Å². The molecule has 0 aliphatic rings. The summed E-state index contributed by atoms with van der Waals surface area (Å²) in [6.07, 6.45) is 2.12. The van der Waals surface area contributed by atoms with Crippen molar-refractivity contribution in [1.29, 1.82) is 0 Å². The van der Waals surface area contributed by atoms with Crippen LogP contribution in [0.4, 0.5) is 0 Å². The first kappa shape index (κ1) is 15.2. The highest BCUT2D eigenvalue weighted by molar-refractivity contribution is 5.26. The maximum Gasteiger partial charge on any atom is 0.0484 e. The monoisotopic (exact) mass is 249 g/mol. The molecule has 0 fully saturated rings. The van der Waals surface area contributed by atoms with E-state index in [0.717, 1.165) is 26.1 Å². The Bertz CT molecular complexity index is 318. The average Bonchev–Trinajstić information content (AvgIpc) is 2.39. The zero-order valence-electron chi connectivity index (χ0n) is 12.2. The SMILES string of the molecule is CCCOCCC(NC)c1ccc(C(C)C)cc1. The fourth-order valence-corrected chi connectivity index (χ4v) is 2.04. The first-order valence-electron chi connectivity index (χ1n) is 7.03. The van der Waals surface area contributed by atoms with Crippen LogP contribution in [0, 0.1) is 0 Å². The molecule has 1 rings (SSSR count). The van der Waals surface area contributed by atoms with E-state index in [2.05, 4.69) is 50.4 Å². The van der Waals surface area contributed by atoms with E-state index in [1.165, 1.54) is 11.1 Å². The Hall–Kier alpha value is -0.860. The molecule has 0 amide bonds. The van der Waals surface area contributed by atoms with Gasteiger partial charge >= 0.3 is 0 Å². The minimum Gasteiger partial charge on any atom is -0.381 e. The zero-order valence-corrected chi connectivity index (χ0v) is 12.2. The van der Waals surface area contributed by atoms with Gasteiger partial charge in [0.2, 0.25) is 0 Å². The molecule has 0 bridgehead atoms. The van der Waals surface area contributed by atoms with E-state index in [9.17, 15) is 0 Å². The normalized spacial score (nSPS) is 12.9. The summed E-state index contributed by atoms with van der Waals surface area (Å²) in [5.74, 6) is 0.597. The Morgan fingerprint density at radius 2 is 1.67 bits per heavy atom. The molecule has 1 atom stereocenters. The second-order valence-electron chi connectivity index (χ2n) is 5.06. The van der Waals surface area contributed by atoms with Crippen LogP contribution in [-0.4, -0.2) is 20.3 Å². The highest BCUT2D eigenvalue weighted by Crippen LogP contribution is 2.20. The maximum absolute atomic E-state index is 5.56. The van der Waals surface area contributed by atoms with Gasteiger partial charge in [-0.15, -0.1) is 0 Å². The van der Waals surface area contributed by atoms with Crippen molar-refractivity contribution in [3.05, 3.63) is 35.4 Å². The average molecular weight is 249 g/mol. The third-order valence-electron chi connectivity index (χ3n) is 3.25. The van der Waals surface area contributed by atoms with E-state index < -0.39 is 0 Å². The predicted molar refractivity (Wildman–Crippen MR) is 78.1 cm³/mol. The molecule has 1 aromatic rings. The number of hydrogen-bond donors (Lipinski definition) is 1. The lowest BCUT2D eigenvalue weighted by molar-refractivity contribution is 0.125. The molecule has 0 saturated carbocycles. The summed E-state index contributed by atoms with van der Waals surface area (Å²) >= 11 is 0. The summed E-state index contributed by atoms with van der Waals surface area (Å²) in [5, 5.41) is 3.36. The molecule has 0 aliphatic carbocycles. The second-order valence-corrected chi connectivity index (χ2v) is 5.06. The summed E-state index contributed by atoms with van der Waals surface area (Å²) < 4.78 is 5.56. The van der Waals surface area contributed by atoms with E-state index in [-0.39, 0.29) is 0 Å². The van der Waals surface area contributed by atoms with Gasteiger partial charge in [-0.2, -0.15) is 0 Å². The number of rotatable bonds is 8. The van der Waals surface area contributed by atoms with Crippen LogP contribution in [0.15, 0.2) is 24.3 Å². The van der Waals surface area contributed by atoms with E-state index >= 15 is 0 Å². The Kier molecular flexibility index (Phi) is 6.99. The van der Waals surface area contributed by atoms with Gasteiger partial charge in [-0.05, 0) is 36.9 Å². The summed E-state index contributed by atoms with van der Waals surface area (Å²) in [6, 6.07) is 9.32. The van der Waals surface area contributed by atoms with E-state index in [1.807, 2.05) is 7.05 Å². The molecular formula is C16H27NO. The van der Waals surface area contributed by atoms with Gasteiger partial charge in [0.15, 0.2) is 0 Å². The van der Waals surface area contributed by atoms with Gasteiger partial charge in [0, 0.05) is 19.3 Å². The van der Waals surface area contributed by atoms with Crippen molar-refractivity contribution in [2.45, 2.75) is 45.6 Å². The van der Waals surface area contributed by atoms with Crippen molar-refractivity contribution in [2.75, 3.05) is 20.3 Å². The molecule has 1 aromatic carbocycles. The first-order chi connectivity index (χ1) is 8.69. The Morgan fingerprint density at radius 1 is 1.06 bits per heavy atom. The van der Waals surface area contributed by atoms with E-state index in [4.69, 9.17) is 4.74 Å². The molecular weight excluding hydrogens is 222 g/mol. The number of benzene rings is 1. The third-order valence-corrected chi connectivity index (χ3v) is 3.25. The summed E-state index contributed by atoms with van der Waals surface area (Å²) in [7, 11) is 2.01. The number of nitrogens with one attached hydrogen (secondary N) is 1. The predicted octanol–water partition coefficient (Wildman–Crippen LogP) is 3.89. The first-order valence-corrected chi connectivity index (χ1v) is 7.03. The van der Waals surface area contributed by atoms with Crippen molar-refractivity contribution in [3.63, 3.8) is 0 Å². The summed E-state index contributed by atoms with van der Waals surface area (Å²) in [6.45, 7) is 8.28. The number of hydrogen-bond acceptors (Lipinski definition) is 2. The van der Waals surface area contributed by atoms with Crippen LogP contribution >= 0.6 is 0 Å². The van der Waals surface area contributed by atoms with Gasteiger partial charge in [-0.1, -0.05) is 45.0 Å². The van der Waals surface area contributed by atoms with Crippen molar-refractivity contribution < 1.29 is 4.74 Å². The Balaban J connectivity index is 2.53. The molecule has 102 valence electrons. The minimum absolute atomic E-state index is 0.392. The maximum atomic E-state index is 5.56. The third kappa shape index (κ3) is 4.79. The number of ether oxygens (including phenoxy) is 1. The Morgan fingerprint density at radius 3 is 2.17 bits per heavy atom. The largest absolute Gasteiger partial charge is 0.381 e. The zero-order chi connectivity index (χ0) is 13.4. The van der Waals surface area contributed by atoms with Crippen molar-refractivity contribution in [1.82, 2.24) is 5.32 Å². The summed E-state index contributed by atoms with van der Waals surface area (Å²) in [4.78, 5) is 0. The summed E-state index contributed by atoms with van der Waals surface area (Å²) in [5.41, 5.74) is 2.75. The Labute approximate surface area is 112 Å². The fourth-order valence-electron chi connectivity index (χ4n) is 2.04. The van der Waals surface area contributed by atoms with Gasteiger partial charge in [-0.3, -0.25) is 0 Å². The van der Waals surface area contributed by atoms with Crippen LogP contribution in [0.2, 0.25) is 0 Å². The van der Waals surface area contributed by atoms with E-state index in [1.54, 1.807) is 0 Å². The molecule has 1 N–H and O–H groups in total. The smallest absolute Gasteiger partial charge is 0.0484 e. The molecule has 0 heterocycles. The van der Waals surface area contributed by atoms with Crippen LogP contribution in [0.3, 0.4) is 0 Å². The van der Waals surface area contributed by atoms with Gasteiger partial charge in [0.05, 0.1) is 0 Å².